The lowest BCUT2D eigenvalue weighted by molar-refractivity contribution is -0.0759. The van der Waals surface area contributed by atoms with Crippen LogP contribution in [0.5, 0.6) is 0 Å². The van der Waals surface area contributed by atoms with E-state index in [1.807, 2.05) is 6.08 Å². The maximum absolute atomic E-state index is 10.3. The summed E-state index contributed by atoms with van der Waals surface area (Å²) in [5.41, 5.74) is -0.520. The van der Waals surface area contributed by atoms with Gasteiger partial charge in [0.1, 0.15) is 0 Å². The topological polar surface area (TPSA) is 23.5 Å². The standard InChI is InChI=1S/C11H21NO/c1-5-6-11(13)7-10(3)12(4)8-9(11)2/h5,9-10,13H,1,6-8H2,2-4H3/t9-,10-,11-/m1/s1. The van der Waals surface area contributed by atoms with Gasteiger partial charge in [-0.1, -0.05) is 13.0 Å². The minimum atomic E-state index is -0.520. The molecule has 1 N–H and O–H groups in total. The highest BCUT2D eigenvalue weighted by molar-refractivity contribution is 4.97. The Morgan fingerprint density at radius 3 is 2.77 bits per heavy atom. The maximum atomic E-state index is 10.3. The Morgan fingerprint density at radius 2 is 2.23 bits per heavy atom. The number of hydrogen-bond donors (Lipinski definition) is 1. The molecule has 2 heteroatoms. The van der Waals surface area contributed by atoms with Crippen LogP contribution in [-0.2, 0) is 0 Å². The first kappa shape index (κ1) is 10.7. The minimum absolute atomic E-state index is 0.340. The molecule has 1 saturated heterocycles. The molecule has 0 radical (unpaired) electrons. The second-order valence-corrected chi connectivity index (χ2v) is 4.49. The third-order valence-electron chi connectivity index (χ3n) is 3.38. The Bertz CT molecular complexity index is 193. The average Bonchev–Trinajstić information content (AvgIpc) is 2.02. The first-order valence-electron chi connectivity index (χ1n) is 5.03. The van der Waals surface area contributed by atoms with Crippen LogP contribution in [0, 0.1) is 5.92 Å². The zero-order chi connectivity index (χ0) is 10.1. The lowest BCUT2D eigenvalue weighted by atomic mass is 9.77. The molecule has 0 aromatic heterocycles. The summed E-state index contributed by atoms with van der Waals surface area (Å²) in [7, 11) is 2.12. The van der Waals surface area contributed by atoms with E-state index >= 15 is 0 Å². The molecule has 0 unspecified atom stereocenters. The second-order valence-electron chi connectivity index (χ2n) is 4.49. The molecule has 0 aromatic rings. The summed E-state index contributed by atoms with van der Waals surface area (Å²) in [6.45, 7) is 8.97. The number of hydrogen-bond acceptors (Lipinski definition) is 2. The predicted molar refractivity (Wildman–Crippen MR) is 55.6 cm³/mol. The smallest absolute Gasteiger partial charge is 0.0734 e. The Balaban J connectivity index is 2.69. The summed E-state index contributed by atoms with van der Waals surface area (Å²) in [5, 5.41) is 10.3. The number of aliphatic hydroxyl groups is 1. The summed E-state index contributed by atoms with van der Waals surface area (Å²) >= 11 is 0. The molecule has 0 amide bonds. The fourth-order valence-corrected chi connectivity index (χ4v) is 2.18. The molecule has 1 aliphatic heterocycles. The van der Waals surface area contributed by atoms with E-state index in [-0.39, 0.29) is 0 Å². The van der Waals surface area contributed by atoms with Crippen LogP contribution in [0.4, 0.5) is 0 Å². The van der Waals surface area contributed by atoms with Gasteiger partial charge in [-0.2, -0.15) is 0 Å². The molecule has 76 valence electrons. The van der Waals surface area contributed by atoms with Crippen molar-refractivity contribution in [2.45, 2.75) is 38.3 Å². The molecule has 2 nitrogen and oxygen atoms in total. The molecule has 1 rings (SSSR count). The van der Waals surface area contributed by atoms with Crippen LogP contribution in [0.15, 0.2) is 12.7 Å². The highest BCUT2D eigenvalue weighted by Gasteiger charge is 2.39. The van der Waals surface area contributed by atoms with Crippen molar-refractivity contribution < 1.29 is 5.11 Å². The van der Waals surface area contributed by atoms with Gasteiger partial charge < -0.3 is 10.0 Å². The number of nitrogens with zero attached hydrogens (tertiary/aromatic N) is 1. The molecular formula is C11H21NO. The molecule has 1 heterocycles. The summed E-state index contributed by atoms with van der Waals surface area (Å²) in [5.74, 6) is 0.340. The van der Waals surface area contributed by atoms with Crippen LogP contribution in [-0.4, -0.2) is 35.2 Å². The first-order valence-corrected chi connectivity index (χ1v) is 5.03. The number of likely N-dealkylation sites (tertiary alicyclic amines) is 1. The van der Waals surface area contributed by atoms with Gasteiger partial charge in [-0.05, 0) is 32.7 Å². The monoisotopic (exact) mass is 183 g/mol. The largest absolute Gasteiger partial charge is 0.389 e. The first-order chi connectivity index (χ1) is 5.99. The van der Waals surface area contributed by atoms with E-state index in [4.69, 9.17) is 0 Å². The minimum Gasteiger partial charge on any atom is -0.389 e. The molecule has 1 fully saturated rings. The van der Waals surface area contributed by atoms with Crippen LogP contribution >= 0.6 is 0 Å². The van der Waals surface area contributed by atoms with Gasteiger partial charge in [0, 0.05) is 12.6 Å². The highest BCUT2D eigenvalue weighted by atomic mass is 16.3. The molecule has 0 saturated carbocycles. The van der Waals surface area contributed by atoms with Gasteiger partial charge in [-0.15, -0.1) is 6.58 Å². The molecule has 0 aliphatic carbocycles. The molecule has 3 atom stereocenters. The van der Waals surface area contributed by atoms with Crippen molar-refractivity contribution >= 4 is 0 Å². The third-order valence-corrected chi connectivity index (χ3v) is 3.38. The van der Waals surface area contributed by atoms with Gasteiger partial charge in [0.25, 0.3) is 0 Å². The van der Waals surface area contributed by atoms with Crippen LogP contribution in [0.1, 0.15) is 26.7 Å². The van der Waals surface area contributed by atoms with Crippen LogP contribution < -0.4 is 0 Å². The Labute approximate surface area is 81.2 Å². The third kappa shape index (κ3) is 2.12. The van der Waals surface area contributed by atoms with Crippen LogP contribution in [0.2, 0.25) is 0 Å². The highest BCUT2D eigenvalue weighted by Crippen LogP contribution is 2.33. The van der Waals surface area contributed by atoms with Gasteiger partial charge in [0.05, 0.1) is 5.60 Å². The van der Waals surface area contributed by atoms with Crippen molar-refractivity contribution in [1.82, 2.24) is 4.90 Å². The van der Waals surface area contributed by atoms with E-state index < -0.39 is 5.60 Å². The van der Waals surface area contributed by atoms with E-state index in [1.54, 1.807) is 0 Å². The van der Waals surface area contributed by atoms with Crippen molar-refractivity contribution in [2.75, 3.05) is 13.6 Å². The van der Waals surface area contributed by atoms with Gasteiger partial charge in [0.2, 0.25) is 0 Å². The fraction of sp³-hybridized carbons (Fsp3) is 0.818. The van der Waals surface area contributed by atoms with Gasteiger partial charge in [0.15, 0.2) is 0 Å². The zero-order valence-electron chi connectivity index (χ0n) is 8.95. The summed E-state index contributed by atoms with van der Waals surface area (Å²) in [4.78, 5) is 2.31. The zero-order valence-corrected chi connectivity index (χ0v) is 8.95. The van der Waals surface area contributed by atoms with E-state index in [2.05, 4.69) is 32.4 Å². The number of piperidine rings is 1. The lowest BCUT2D eigenvalue weighted by Crippen LogP contribution is -2.53. The Morgan fingerprint density at radius 1 is 1.62 bits per heavy atom. The number of rotatable bonds is 2. The Hall–Kier alpha value is -0.340. The van der Waals surface area contributed by atoms with Gasteiger partial charge >= 0.3 is 0 Å². The average molecular weight is 183 g/mol. The summed E-state index contributed by atoms with van der Waals surface area (Å²) in [6.07, 6.45) is 3.40. The molecule has 13 heavy (non-hydrogen) atoms. The molecule has 1 aliphatic rings. The van der Waals surface area contributed by atoms with E-state index in [0.717, 1.165) is 13.0 Å². The fourth-order valence-electron chi connectivity index (χ4n) is 2.18. The van der Waals surface area contributed by atoms with Crippen LogP contribution in [0.25, 0.3) is 0 Å². The van der Waals surface area contributed by atoms with Crippen molar-refractivity contribution in [1.29, 1.82) is 0 Å². The molecule has 0 spiro atoms. The quantitative estimate of drug-likeness (QED) is 0.658. The van der Waals surface area contributed by atoms with Crippen molar-refractivity contribution in [2.24, 2.45) is 5.92 Å². The normalized spacial score (nSPS) is 41.8. The van der Waals surface area contributed by atoms with E-state index in [0.29, 0.717) is 18.4 Å². The summed E-state index contributed by atoms with van der Waals surface area (Å²) < 4.78 is 0. The maximum Gasteiger partial charge on any atom is 0.0734 e. The predicted octanol–water partition coefficient (Wildman–Crippen LogP) is 1.65. The SMILES string of the molecule is C=CC[C@@]1(O)C[C@@H](C)N(C)C[C@H]1C. The van der Waals surface area contributed by atoms with E-state index in [9.17, 15) is 5.11 Å². The molecule has 0 aromatic carbocycles. The van der Waals surface area contributed by atoms with Crippen LogP contribution in [0.3, 0.4) is 0 Å². The van der Waals surface area contributed by atoms with Crippen molar-refractivity contribution in [3.05, 3.63) is 12.7 Å². The molecular weight excluding hydrogens is 162 g/mol. The second kappa shape index (κ2) is 3.81. The molecule has 0 bridgehead atoms. The summed E-state index contributed by atoms with van der Waals surface area (Å²) in [6, 6.07) is 0.473. The van der Waals surface area contributed by atoms with Gasteiger partial charge in [-0.3, -0.25) is 0 Å². The van der Waals surface area contributed by atoms with E-state index in [1.165, 1.54) is 0 Å². The van der Waals surface area contributed by atoms with Crippen molar-refractivity contribution in [3.8, 4) is 0 Å². The Kier molecular flexibility index (Phi) is 3.14. The lowest BCUT2D eigenvalue weighted by Gasteiger charge is -2.45. The van der Waals surface area contributed by atoms with Crippen molar-refractivity contribution in [3.63, 3.8) is 0 Å². The van der Waals surface area contributed by atoms with Gasteiger partial charge in [-0.25, -0.2) is 0 Å².